The Morgan fingerprint density at radius 1 is 1.17 bits per heavy atom. The molecule has 2 heterocycles. The first kappa shape index (κ1) is 23.0. The highest BCUT2D eigenvalue weighted by Crippen LogP contribution is 2.32. The molecule has 0 atom stereocenters. The lowest BCUT2D eigenvalue weighted by Crippen LogP contribution is -2.62. The maximum absolute atomic E-state index is 4.53. The highest BCUT2D eigenvalue weighted by Gasteiger charge is 2.39. The van der Waals surface area contributed by atoms with Gasteiger partial charge in [-0.2, -0.15) is 0 Å². The van der Waals surface area contributed by atoms with Gasteiger partial charge in [0, 0.05) is 36.1 Å². The minimum Gasteiger partial charge on any atom is -0.355 e. The van der Waals surface area contributed by atoms with Gasteiger partial charge in [0.2, 0.25) is 0 Å². The Morgan fingerprint density at radius 3 is 2.28 bits per heavy atom. The number of allylic oxidation sites excluding steroid dienone is 4. The molecule has 1 aromatic heterocycles. The van der Waals surface area contributed by atoms with E-state index in [1.54, 1.807) is 6.20 Å². The van der Waals surface area contributed by atoms with Crippen molar-refractivity contribution in [2.75, 3.05) is 11.9 Å². The lowest BCUT2D eigenvalue weighted by atomic mass is 9.79. The SMILES string of the molecule is C=CN=C(C)C(=C\C)/C=C(\C)c1ccc(N(C)C2CC(C)(C)NC(C)(C)C2)nn1. The van der Waals surface area contributed by atoms with Crippen LogP contribution in [0.4, 0.5) is 5.82 Å². The van der Waals surface area contributed by atoms with Gasteiger partial charge in [-0.1, -0.05) is 12.7 Å². The molecule has 0 aromatic carbocycles. The van der Waals surface area contributed by atoms with E-state index in [-0.39, 0.29) is 11.1 Å². The van der Waals surface area contributed by atoms with Crippen LogP contribution in [0.2, 0.25) is 0 Å². The first-order valence-electron chi connectivity index (χ1n) is 10.3. The zero-order chi connectivity index (χ0) is 21.8. The number of aromatic nitrogens is 2. The fourth-order valence-electron chi connectivity index (χ4n) is 4.37. The minimum atomic E-state index is 0.0983. The van der Waals surface area contributed by atoms with Gasteiger partial charge in [-0.05, 0) is 90.7 Å². The monoisotopic (exact) mass is 395 g/mol. The number of aliphatic imine (C=N–C) groups is 1. The van der Waals surface area contributed by atoms with E-state index in [4.69, 9.17) is 0 Å². The lowest BCUT2D eigenvalue weighted by molar-refractivity contribution is 0.160. The second kappa shape index (κ2) is 9.04. The summed E-state index contributed by atoms with van der Waals surface area (Å²) in [6.45, 7) is 18.8. The Kier molecular flexibility index (Phi) is 7.17. The number of rotatable bonds is 6. The Morgan fingerprint density at radius 2 is 1.79 bits per heavy atom. The Labute approximate surface area is 176 Å². The van der Waals surface area contributed by atoms with E-state index < -0.39 is 0 Å². The maximum Gasteiger partial charge on any atom is 0.151 e. The van der Waals surface area contributed by atoms with Gasteiger partial charge in [-0.3, -0.25) is 4.99 Å². The molecule has 2 rings (SSSR count). The average Bonchev–Trinajstić information content (AvgIpc) is 2.63. The van der Waals surface area contributed by atoms with Crippen LogP contribution >= 0.6 is 0 Å². The molecule has 0 aliphatic carbocycles. The number of hydrogen-bond acceptors (Lipinski definition) is 5. The molecule has 1 N–H and O–H groups in total. The molecule has 1 fully saturated rings. The lowest BCUT2D eigenvalue weighted by Gasteiger charge is -2.49. The molecule has 29 heavy (non-hydrogen) atoms. The van der Waals surface area contributed by atoms with Crippen LogP contribution in [0.25, 0.3) is 5.57 Å². The predicted octanol–water partition coefficient (Wildman–Crippen LogP) is 5.18. The summed E-state index contributed by atoms with van der Waals surface area (Å²) >= 11 is 0. The van der Waals surface area contributed by atoms with Gasteiger partial charge in [0.15, 0.2) is 5.82 Å². The van der Waals surface area contributed by atoms with Crippen LogP contribution in [0.15, 0.2) is 47.6 Å². The largest absolute Gasteiger partial charge is 0.355 e. The third-order valence-electron chi connectivity index (χ3n) is 5.52. The first-order valence-corrected chi connectivity index (χ1v) is 10.3. The summed E-state index contributed by atoms with van der Waals surface area (Å²) in [7, 11) is 2.13. The highest BCUT2D eigenvalue weighted by atomic mass is 15.3. The Bertz CT molecular complexity index is 796. The van der Waals surface area contributed by atoms with Crippen LogP contribution in [0.5, 0.6) is 0 Å². The fourth-order valence-corrected chi connectivity index (χ4v) is 4.37. The van der Waals surface area contributed by atoms with Crippen LogP contribution in [-0.2, 0) is 0 Å². The number of nitrogens with one attached hydrogen (secondary N) is 1. The van der Waals surface area contributed by atoms with E-state index in [9.17, 15) is 0 Å². The van der Waals surface area contributed by atoms with Crippen LogP contribution in [0, 0.1) is 0 Å². The molecule has 0 unspecified atom stereocenters. The third kappa shape index (κ3) is 6.10. The van der Waals surface area contributed by atoms with Crippen LogP contribution in [-0.4, -0.2) is 40.1 Å². The summed E-state index contributed by atoms with van der Waals surface area (Å²) in [5.41, 5.74) is 4.12. The molecule has 1 aliphatic heterocycles. The second-order valence-corrected chi connectivity index (χ2v) is 9.31. The van der Waals surface area contributed by atoms with Crippen LogP contribution in [0.1, 0.15) is 67.0 Å². The fraction of sp³-hybridized carbons (Fsp3) is 0.542. The summed E-state index contributed by atoms with van der Waals surface area (Å²) in [6, 6.07) is 4.54. The topological polar surface area (TPSA) is 53.4 Å². The molecule has 1 aromatic rings. The van der Waals surface area contributed by atoms with Crippen molar-refractivity contribution in [3.05, 3.63) is 48.3 Å². The standard InChI is InChI=1S/C24H37N5/c1-10-19(18(4)25-11-2)14-17(3)21-12-13-22(27-26-21)29(9)20-15-23(5,6)28-24(7,8)16-20/h10-14,20,28H,2,15-16H2,1,3-9H3/b17-14+,19-10-,25-18?. The van der Waals surface area contributed by atoms with E-state index in [0.29, 0.717) is 6.04 Å². The highest BCUT2D eigenvalue weighted by molar-refractivity contribution is 6.02. The molecule has 0 bridgehead atoms. The number of anilines is 1. The van der Waals surface area contributed by atoms with Gasteiger partial charge in [-0.15, -0.1) is 10.2 Å². The molecular formula is C24H37N5. The van der Waals surface area contributed by atoms with E-state index in [2.05, 4.69) is 91.9 Å². The Balaban J connectivity index is 2.20. The van der Waals surface area contributed by atoms with Gasteiger partial charge in [0.1, 0.15) is 0 Å². The van der Waals surface area contributed by atoms with Crippen LogP contribution in [0.3, 0.4) is 0 Å². The molecule has 158 valence electrons. The number of hydrogen-bond donors (Lipinski definition) is 1. The summed E-state index contributed by atoms with van der Waals surface area (Å²) < 4.78 is 0. The predicted molar refractivity (Wildman–Crippen MR) is 125 cm³/mol. The van der Waals surface area contributed by atoms with Crippen molar-refractivity contribution in [3.8, 4) is 0 Å². The van der Waals surface area contributed by atoms with Crippen molar-refractivity contribution in [2.24, 2.45) is 4.99 Å². The minimum absolute atomic E-state index is 0.0983. The average molecular weight is 396 g/mol. The molecule has 0 radical (unpaired) electrons. The summed E-state index contributed by atoms with van der Waals surface area (Å²) in [5, 5.41) is 12.8. The van der Waals surface area contributed by atoms with Crippen LogP contribution < -0.4 is 10.2 Å². The van der Waals surface area contributed by atoms with Crippen molar-refractivity contribution < 1.29 is 0 Å². The number of piperidine rings is 1. The Hall–Kier alpha value is -2.27. The van der Waals surface area contributed by atoms with Gasteiger partial charge in [-0.25, -0.2) is 0 Å². The molecule has 0 amide bonds. The molecule has 1 saturated heterocycles. The molecular weight excluding hydrogens is 358 g/mol. The molecule has 5 heteroatoms. The quantitative estimate of drug-likeness (QED) is 0.533. The van der Waals surface area contributed by atoms with E-state index in [1.807, 2.05) is 19.9 Å². The zero-order valence-electron chi connectivity index (χ0n) is 19.4. The number of nitrogens with zero attached hydrogens (tertiary/aromatic N) is 4. The molecule has 0 spiro atoms. The van der Waals surface area contributed by atoms with E-state index in [1.165, 1.54) is 0 Å². The molecule has 1 aliphatic rings. The summed E-state index contributed by atoms with van der Waals surface area (Å²) in [4.78, 5) is 6.55. The van der Waals surface area contributed by atoms with Gasteiger partial charge >= 0.3 is 0 Å². The first-order chi connectivity index (χ1) is 13.5. The summed E-state index contributed by atoms with van der Waals surface area (Å²) in [5.74, 6) is 0.913. The van der Waals surface area contributed by atoms with Crippen molar-refractivity contribution >= 4 is 17.1 Å². The molecule has 0 saturated carbocycles. The van der Waals surface area contributed by atoms with Gasteiger partial charge in [0.05, 0.1) is 5.69 Å². The summed E-state index contributed by atoms with van der Waals surface area (Å²) in [6.07, 6.45) is 7.84. The van der Waals surface area contributed by atoms with Gasteiger partial charge in [0.25, 0.3) is 0 Å². The van der Waals surface area contributed by atoms with Crippen molar-refractivity contribution in [1.82, 2.24) is 15.5 Å². The normalized spacial score (nSPS) is 20.5. The maximum atomic E-state index is 4.53. The third-order valence-corrected chi connectivity index (χ3v) is 5.52. The van der Waals surface area contributed by atoms with E-state index >= 15 is 0 Å². The second-order valence-electron chi connectivity index (χ2n) is 9.31. The van der Waals surface area contributed by atoms with Gasteiger partial charge < -0.3 is 10.2 Å². The molecule has 5 nitrogen and oxygen atoms in total. The van der Waals surface area contributed by atoms with Crippen molar-refractivity contribution in [2.45, 2.75) is 78.4 Å². The van der Waals surface area contributed by atoms with Crippen molar-refractivity contribution in [3.63, 3.8) is 0 Å². The van der Waals surface area contributed by atoms with Crippen molar-refractivity contribution in [1.29, 1.82) is 0 Å². The smallest absolute Gasteiger partial charge is 0.151 e. The van der Waals surface area contributed by atoms with E-state index in [0.717, 1.165) is 41.2 Å². The zero-order valence-corrected chi connectivity index (χ0v) is 19.4.